The van der Waals surface area contributed by atoms with Gasteiger partial charge in [-0.05, 0) is 6.92 Å². The monoisotopic (exact) mass is 397 g/mol. The second kappa shape index (κ2) is 6.89. The van der Waals surface area contributed by atoms with Crippen molar-refractivity contribution in [3.63, 3.8) is 0 Å². The Kier molecular flexibility index (Phi) is 4.95. The van der Waals surface area contributed by atoms with Crippen LogP contribution in [0.3, 0.4) is 0 Å². The Labute approximate surface area is 154 Å². The van der Waals surface area contributed by atoms with Gasteiger partial charge in [-0.15, -0.1) is 11.3 Å². The van der Waals surface area contributed by atoms with Gasteiger partial charge in [-0.2, -0.15) is 9.46 Å². The summed E-state index contributed by atoms with van der Waals surface area (Å²) in [5, 5.41) is 14.1. The van der Waals surface area contributed by atoms with Gasteiger partial charge in [-0.1, -0.05) is 0 Å². The van der Waals surface area contributed by atoms with Crippen LogP contribution in [0.5, 0.6) is 0 Å². The highest BCUT2D eigenvalue weighted by Crippen LogP contribution is 2.24. The molecule has 0 aliphatic carbocycles. The lowest BCUT2D eigenvalue weighted by Gasteiger charge is -2.27. The van der Waals surface area contributed by atoms with Gasteiger partial charge in [-0.25, -0.2) is 9.19 Å². The molecular formula is C15H19N5O4S2. The lowest BCUT2D eigenvalue weighted by Crippen LogP contribution is -2.37. The van der Waals surface area contributed by atoms with E-state index in [2.05, 4.69) is 14.4 Å². The maximum atomic E-state index is 13.1. The van der Waals surface area contributed by atoms with Crippen LogP contribution in [0.4, 0.5) is 0 Å². The maximum Gasteiger partial charge on any atom is 0.297 e. The zero-order chi connectivity index (χ0) is 19.1. The fourth-order valence-corrected chi connectivity index (χ4v) is 4.80. The Morgan fingerprint density at radius 1 is 1.38 bits per heavy atom. The van der Waals surface area contributed by atoms with Crippen LogP contribution < -0.4 is 0 Å². The van der Waals surface area contributed by atoms with Crippen LogP contribution in [-0.2, 0) is 27.6 Å². The first kappa shape index (κ1) is 18.7. The second-order valence-electron chi connectivity index (χ2n) is 6.06. The molecule has 1 aliphatic heterocycles. The number of fused-ring (bicyclic) bond motifs is 1. The van der Waals surface area contributed by atoms with Gasteiger partial charge < -0.3 is 10.0 Å². The van der Waals surface area contributed by atoms with Gasteiger partial charge in [0.1, 0.15) is 16.0 Å². The summed E-state index contributed by atoms with van der Waals surface area (Å²) in [6.45, 7) is 4.35. The number of carbonyl (C=O) groups is 2. The standard InChI is InChI=1S/C15H19N5O4S2/c1-9(21)15-16-6-12(25-15)14(23)18-26(3,24)13-7-17-20-5-4-19(10(2)22)8-11(13)20/h6-7,9,21H,4-5,8H2,1-3H3. The van der Waals surface area contributed by atoms with Crippen LogP contribution >= 0.6 is 11.3 Å². The third-order valence-electron chi connectivity index (χ3n) is 4.03. The van der Waals surface area contributed by atoms with Crippen molar-refractivity contribution in [1.82, 2.24) is 19.7 Å². The van der Waals surface area contributed by atoms with Gasteiger partial charge in [0, 0.05) is 19.7 Å². The zero-order valence-electron chi connectivity index (χ0n) is 14.6. The van der Waals surface area contributed by atoms with Gasteiger partial charge in [0.15, 0.2) is 0 Å². The van der Waals surface area contributed by atoms with E-state index in [9.17, 15) is 18.9 Å². The molecule has 3 heterocycles. The van der Waals surface area contributed by atoms with Crippen molar-refractivity contribution in [2.45, 2.75) is 37.9 Å². The summed E-state index contributed by atoms with van der Waals surface area (Å²) < 4.78 is 18.7. The third-order valence-corrected chi connectivity index (χ3v) is 6.86. The molecule has 9 nitrogen and oxygen atoms in total. The Morgan fingerprint density at radius 2 is 2.12 bits per heavy atom. The zero-order valence-corrected chi connectivity index (χ0v) is 16.2. The highest BCUT2D eigenvalue weighted by atomic mass is 32.2. The molecule has 26 heavy (non-hydrogen) atoms. The molecule has 3 rings (SSSR count). The summed E-state index contributed by atoms with van der Waals surface area (Å²) in [4.78, 5) is 30.2. The molecule has 0 saturated carbocycles. The first-order valence-electron chi connectivity index (χ1n) is 7.89. The van der Waals surface area contributed by atoms with Crippen molar-refractivity contribution in [2.24, 2.45) is 4.36 Å². The minimum Gasteiger partial charge on any atom is -0.386 e. The lowest BCUT2D eigenvalue weighted by molar-refractivity contribution is -0.130. The Hall–Kier alpha value is -2.11. The van der Waals surface area contributed by atoms with Crippen molar-refractivity contribution in [2.75, 3.05) is 12.8 Å². The molecule has 2 atom stereocenters. The van der Waals surface area contributed by atoms with Crippen molar-refractivity contribution in [3.05, 3.63) is 28.0 Å². The Balaban J connectivity index is 1.94. The largest absolute Gasteiger partial charge is 0.386 e. The van der Waals surface area contributed by atoms with Gasteiger partial charge >= 0.3 is 0 Å². The number of thiazole rings is 1. The molecule has 2 unspecified atom stereocenters. The van der Waals surface area contributed by atoms with E-state index in [0.717, 1.165) is 11.3 Å². The number of aliphatic hydroxyl groups is 1. The molecule has 2 aromatic heterocycles. The van der Waals surface area contributed by atoms with Gasteiger partial charge in [0.25, 0.3) is 5.91 Å². The molecule has 0 bridgehead atoms. The van der Waals surface area contributed by atoms with Crippen molar-refractivity contribution in [3.8, 4) is 0 Å². The maximum absolute atomic E-state index is 13.1. The fraction of sp³-hybridized carbons (Fsp3) is 0.467. The summed E-state index contributed by atoms with van der Waals surface area (Å²) in [7, 11) is -3.05. The molecule has 2 aromatic rings. The van der Waals surface area contributed by atoms with Crippen LogP contribution in [0.15, 0.2) is 21.7 Å². The van der Waals surface area contributed by atoms with Crippen LogP contribution in [0, 0.1) is 0 Å². The number of rotatable bonds is 3. The second-order valence-corrected chi connectivity index (χ2v) is 9.35. The third kappa shape index (κ3) is 3.55. The van der Waals surface area contributed by atoms with Crippen LogP contribution in [-0.4, -0.2) is 53.6 Å². The highest BCUT2D eigenvalue weighted by molar-refractivity contribution is 7.93. The molecule has 1 aliphatic rings. The molecule has 2 amide bonds. The molecule has 1 N–H and O–H groups in total. The summed E-state index contributed by atoms with van der Waals surface area (Å²) in [6.07, 6.45) is 3.37. The number of aromatic nitrogens is 3. The SMILES string of the molecule is CC(=O)N1CCn2ncc(S(C)(=O)=NC(=O)c3cnc(C(C)O)s3)c2C1. The van der Waals surface area contributed by atoms with Crippen molar-refractivity contribution in [1.29, 1.82) is 0 Å². The normalized spacial score (nSPS) is 17.3. The summed E-state index contributed by atoms with van der Waals surface area (Å²) in [5.41, 5.74) is 0.629. The Morgan fingerprint density at radius 3 is 2.73 bits per heavy atom. The number of hydrogen-bond acceptors (Lipinski definition) is 7. The minimum absolute atomic E-state index is 0.0747. The van der Waals surface area contributed by atoms with E-state index in [-0.39, 0.29) is 17.3 Å². The van der Waals surface area contributed by atoms with Gasteiger partial charge in [0.05, 0.1) is 45.8 Å². The topological polar surface area (TPSA) is 118 Å². The molecule has 11 heteroatoms. The fourth-order valence-electron chi connectivity index (χ4n) is 2.64. The minimum atomic E-state index is -3.05. The first-order chi connectivity index (χ1) is 12.2. The van der Waals surface area contributed by atoms with Crippen LogP contribution in [0.2, 0.25) is 0 Å². The van der Waals surface area contributed by atoms with Crippen LogP contribution in [0.1, 0.15) is 40.3 Å². The highest BCUT2D eigenvalue weighted by Gasteiger charge is 2.26. The predicted molar refractivity (Wildman–Crippen MR) is 95.2 cm³/mol. The number of amides is 2. The predicted octanol–water partition coefficient (Wildman–Crippen LogP) is 1.05. The average Bonchev–Trinajstić information content (AvgIpc) is 3.21. The molecule has 0 saturated heterocycles. The van der Waals surface area contributed by atoms with E-state index in [1.807, 2.05) is 0 Å². The van der Waals surface area contributed by atoms with Crippen molar-refractivity contribution >= 4 is 32.9 Å². The van der Waals surface area contributed by atoms with E-state index in [1.54, 1.807) is 16.5 Å². The molecule has 140 valence electrons. The number of carbonyl (C=O) groups excluding carboxylic acids is 2. The quantitative estimate of drug-likeness (QED) is 0.827. The van der Waals surface area contributed by atoms with Gasteiger partial charge in [-0.3, -0.25) is 14.3 Å². The number of hydrogen-bond donors (Lipinski definition) is 1. The number of nitrogens with zero attached hydrogens (tertiary/aromatic N) is 5. The summed E-state index contributed by atoms with van der Waals surface area (Å²) >= 11 is 1.02. The molecule has 0 aromatic carbocycles. The van der Waals surface area contributed by atoms with E-state index >= 15 is 0 Å². The average molecular weight is 397 g/mol. The number of aliphatic hydroxyl groups excluding tert-OH is 1. The van der Waals surface area contributed by atoms with Crippen LogP contribution in [0.25, 0.3) is 0 Å². The van der Waals surface area contributed by atoms with E-state index in [0.29, 0.717) is 28.7 Å². The van der Waals surface area contributed by atoms with Crippen molar-refractivity contribution < 1.29 is 18.9 Å². The summed E-state index contributed by atoms with van der Waals surface area (Å²) in [5.74, 6) is -0.726. The van der Waals surface area contributed by atoms with E-state index in [1.165, 1.54) is 25.6 Å². The molecule has 0 fully saturated rings. The van der Waals surface area contributed by atoms with E-state index in [4.69, 9.17) is 0 Å². The molecular weight excluding hydrogens is 378 g/mol. The molecule has 0 spiro atoms. The van der Waals surface area contributed by atoms with E-state index < -0.39 is 21.7 Å². The Bertz CT molecular complexity index is 984. The molecule has 0 radical (unpaired) electrons. The summed E-state index contributed by atoms with van der Waals surface area (Å²) in [6, 6.07) is 0. The first-order valence-corrected chi connectivity index (χ1v) is 10.6. The van der Waals surface area contributed by atoms with Gasteiger partial charge in [0.2, 0.25) is 5.91 Å². The smallest absolute Gasteiger partial charge is 0.297 e. The lowest BCUT2D eigenvalue weighted by atomic mass is 10.3.